The summed E-state index contributed by atoms with van der Waals surface area (Å²) in [7, 11) is 1.66. The summed E-state index contributed by atoms with van der Waals surface area (Å²) < 4.78 is 13.0. The molecule has 2 aromatic rings. The Bertz CT molecular complexity index is 768. The molecule has 1 fully saturated rings. The Morgan fingerprint density at radius 2 is 2.07 bits per heavy atom. The van der Waals surface area contributed by atoms with Crippen molar-refractivity contribution in [2.45, 2.75) is 57.8 Å². The quantitative estimate of drug-likeness (QED) is 0.769. The number of carbonyl (C=O) groups is 1. The Labute approximate surface area is 173 Å². The van der Waals surface area contributed by atoms with Gasteiger partial charge in [0.25, 0.3) is 0 Å². The van der Waals surface area contributed by atoms with E-state index in [9.17, 15) is 4.79 Å². The smallest absolute Gasteiger partial charge is 0.410 e. The summed E-state index contributed by atoms with van der Waals surface area (Å²) in [6, 6.07) is 8.12. The normalized spacial score (nSPS) is 17.9. The van der Waals surface area contributed by atoms with Crippen molar-refractivity contribution in [1.82, 2.24) is 19.8 Å². The van der Waals surface area contributed by atoms with Crippen molar-refractivity contribution in [3.05, 3.63) is 48.5 Å². The second-order valence-electron chi connectivity index (χ2n) is 8.39. The van der Waals surface area contributed by atoms with Crippen LogP contribution in [0.3, 0.4) is 0 Å². The van der Waals surface area contributed by atoms with Gasteiger partial charge in [0.15, 0.2) is 0 Å². The van der Waals surface area contributed by atoms with E-state index in [0.717, 1.165) is 43.8 Å². The number of carbonyl (C=O) groups excluding carboxylic acids is 1. The second-order valence-corrected chi connectivity index (χ2v) is 8.39. The van der Waals surface area contributed by atoms with Gasteiger partial charge < -0.3 is 24.3 Å². The van der Waals surface area contributed by atoms with Gasteiger partial charge in [0.2, 0.25) is 0 Å². The van der Waals surface area contributed by atoms with E-state index in [0.29, 0.717) is 0 Å². The van der Waals surface area contributed by atoms with E-state index in [1.165, 1.54) is 0 Å². The lowest BCUT2D eigenvalue weighted by Gasteiger charge is -2.34. The molecule has 7 nitrogen and oxygen atoms in total. The first kappa shape index (κ1) is 21.2. The number of nitrogens with zero attached hydrogens (tertiary/aromatic N) is 3. The van der Waals surface area contributed by atoms with Crippen LogP contribution < -0.4 is 10.1 Å². The lowest BCUT2D eigenvalue weighted by atomic mass is 9.97. The molecule has 2 atom stereocenters. The average Bonchev–Trinajstić information content (AvgIpc) is 3.36. The molecule has 1 N–H and O–H groups in total. The number of likely N-dealkylation sites (tertiary alicyclic amines) is 1. The van der Waals surface area contributed by atoms with Crippen molar-refractivity contribution in [1.29, 1.82) is 0 Å². The molecule has 1 aliphatic heterocycles. The first-order chi connectivity index (χ1) is 13.9. The number of nitrogens with one attached hydrogen (secondary N) is 1. The fourth-order valence-corrected chi connectivity index (χ4v) is 3.74. The van der Waals surface area contributed by atoms with Crippen LogP contribution in [0, 0.1) is 0 Å². The van der Waals surface area contributed by atoms with Crippen molar-refractivity contribution in [3.8, 4) is 5.75 Å². The standard InChI is InChI=1S/C22H32N4O3/c1-22(2,3)29-21(27)26-13-5-6-19(26)20(17-7-9-18(28-4)10-8-17)24-12-15-25-14-11-23-16-25/h7-11,14,16,19-20,24H,5-6,12-13,15H2,1-4H3/t19-,20-/m1/s1. The highest BCUT2D eigenvalue weighted by Gasteiger charge is 2.37. The van der Waals surface area contributed by atoms with E-state index in [-0.39, 0.29) is 18.2 Å². The zero-order valence-electron chi connectivity index (χ0n) is 17.8. The Morgan fingerprint density at radius 1 is 1.31 bits per heavy atom. The van der Waals surface area contributed by atoms with Gasteiger partial charge >= 0.3 is 6.09 Å². The largest absolute Gasteiger partial charge is 0.497 e. The SMILES string of the molecule is COc1ccc([C@@H](NCCn2ccnc2)[C@H]2CCCN2C(=O)OC(C)(C)C)cc1. The summed E-state index contributed by atoms with van der Waals surface area (Å²) in [5, 5.41) is 3.66. The van der Waals surface area contributed by atoms with Gasteiger partial charge in [-0.05, 0) is 51.3 Å². The minimum absolute atomic E-state index is 0.0134. The highest BCUT2D eigenvalue weighted by atomic mass is 16.6. The number of benzene rings is 1. The van der Waals surface area contributed by atoms with Crippen LogP contribution in [-0.4, -0.2) is 52.4 Å². The number of rotatable bonds is 7. The fraction of sp³-hybridized carbons (Fsp3) is 0.545. The van der Waals surface area contributed by atoms with Crippen LogP contribution >= 0.6 is 0 Å². The third kappa shape index (κ3) is 5.73. The van der Waals surface area contributed by atoms with E-state index in [1.807, 2.05) is 54.9 Å². The summed E-state index contributed by atoms with van der Waals surface area (Å²) in [5.41, 5.74) is 0.631. The maximum absolute atomic E-state index is 12.8. The van der Waals surface area contributed by atoms with Crippen molar-refractivity contribution < 1.29 is 14.3 Å². The molecule has 7 heteroatoms. The Kier molecular flexibility index (Phi) is 6.79. The molecule has 29 heavy (non-hydrogen) atoms. The molecular weight excluding hydrogens is 368 g/mol. The molecule has 0 bridgehead atoms. The van der Waals surface area contributed by atoms with Gasteiger partial charge in [0, 0.05) is 32.0 Å². The lowest BCUT2D eigenvalue weighted by Crippen LogP contribution is -2.46. The van der Waals surface area contributed by atoms with E-state index in [4.69, 9.17) is 9.47 Å². The van der Waals surface area contributed by atoms with E-state index in [1.54, 1.807) is 13.3 Å². The number of imidazole rings is 1. The third-order valence-corrected chi connectivity index (χ3v) is 5.08. The minimum Gasteiger partial charge on any atom is -0.497 e. The maximum Gasteiger partial charge on any atom is 0.410 e. The highest BCUT2D eigenvalue weighted by Crippen LogP contribution is 2.31. The van der Waals surface area contributed by atoms with Crippen LogP contribution in [0.2, 0.25) is 0 Å². The number of aromatic nitrogens is 2. The topological polar surface area (TPSA) is 68.6 Å². The van der Waals surface area contributed by atoms with Crippen LogP contribution in [0.15, 0.2) is 43.0 Å². The van der Waals surface area contributed by atoms with E-state index in [2.05, 4.69) is 22.4 Å². The molecule has 0 unspecified atom stereocenters. The predicted molar refractivity (Wildman–Crippen MR) is 112 cm³/mol. The number of methoxy groups -OCH3 is 1. The zero-order valence-corrected chi connectivity index (χ0v) is 17.8. The van der Waals surface area contributed by atoms with E-state index < -0.39 is 5.60 Å². The number of amides is 1. The molecule has 0 saturated carbocycles. The molecule has 1 aromatic carbocycles. The number of hydrogen-bond donors (Lipinski definition) is 1. The molecule has 0 spiro atoms. The Morgan fingerprint density at radius 3 is 2.69 bits per heavy atom. The highest BCUT2D eigenvalue weighted by molar-refractivity contribution is 5.69. The van der Waals surface area contributed by atoms with Crippen LogP contribution in [0.4, 0.5) is 4.79 Å². The Balaban J connectivity index is 1.77. The van der Waals surface area contributed by atoms with E-state index >= 15 is 0 Å². The van der Waals surface area contributed by atoms with Crippen molar-refractivity contribution in [2.24, 2.45) is 0 Å². The summed E-state index contributed by atoms with van der Waals surface area (Å²) in [6.45, 7) is 8.01. The molecule has 158 valence electrons. The summed E-state index contributed by atoms with van der Waals surface area (Å²) >= 11 is 0. The zero-order chi connectivity index (χ0) is 20.9. The summed E-state index contributed by atoms with van der Waals surface area (Å²) in [4.78, 5) is 18.8. The molecule has 0 radical (unpaired) electrons. The third-order valence-electron chi connectivity index (χ3n) is 5.08. The summed E-state index contributed by atoms with van der Waals surface area (Å²) in [6.07, 6.45) is 7.21. The van der Waals surface area contributed by atoms with Gasteiger partial charge in [-0.3, -0.25) is 0 Å². The molecule has 1 aromatic heterocycles. The second kappa shape index (κ2) is 9.31. The van der Waals surface area contributed by atoms with Gasteiger partial charge in [0.1, 0.15) is 11.4 Å². The van der Waals surface area contributed by atoms with Crippen LogP contribution in [0.1, 0.15) is 45.2 Å². The monoisotopic (exact) mass is 400 g/mol. The molecule has 1 aliphatic rings. The van der Waals surface area contributed by atoms with Gasteiger partial charge in [-0.1, -0.05) is 12.1 Å². The summed E-state index contributed by atoms with van der Waals surface area (Å²) in [5.74, 6) is 0.821. The van der Waals surface area contributed by atoms with Crippen molar-refractivity contribution in [2.75, 3.05) is 20.2 Å². The maximum atomic E-state index is 12.8. The first-order valence-electron chi connectivity index (χ1n) is 10.2. The molecule has 1 saturated heterocycles. The van der Waals surface area contributed by atoms with Crippen LogP contribution in [0.5, 0.6) is 5.75 Å². The molecular formula is C22H32N4O3. The lowest BCUT2D eigenvalue weighted by molar-refractivity contribution is 0.0194. The van der Waals surface area contributed by atoms with Crippen molar-refractivity contribution >= 4 is 6.09 Å². The first-order valence-corrected chi connectivity index (χ1v) is 10.2. The van der Waals surface area contributed by atoms with Crippen molar-refractivity contribution in [3.63, 3.8) is 0 Å². The predicted octanol–water partition coefficient (Wildman–Crippen LogP) is 3.62. The molecule has 2 heterocycles. The van der Waals surface area contributed by atoms with Gasteiger partial charge in [-0.25, -0.2) is 9.78 Å². The fourth-order valence-electron chi connectivity index (χ4n) is 3.74. The molecule has 3 rings (SSSR count). The van der Waals surface area contributed by atoms with Gasteiger partial charge in [-0.2, -0.15) is 0 Å². The molecule has 0 aliphatic carbocycles. The van der Waals surface area contributed by atoms with Crippen LogP contribution in [-0.2, 0) is 11.3 Å². The Hall–Kier alpha value is -2.54. The number of hydrogen-bond acceptors (Lipinski definition) is 5. The minimum atomic E-state index is -0.505. The average molecular weight is 401 g/mol. The molecule has 1 amide bonds. The van der Waals surface area contributed by atoms with Gasteiger partial charge in [0.05, 0.1) is 25.5 Å². The number of ether oxygens (including phenoxy) is 2. The van der Waals surface area contributed by atoms with Gasteiger partial charge in [-0.15, -0.1) is 0 Å². The van der Waals surface area contributed by atoms with Crippen LogP contribution in [0.25, 0.3) is 0 Å².